The molecule has 1 unspecified atom stereocenters. The zero-order chi connectivity index (χ0) is 15.9. The summed E-state index contributed by atoms with van der Waals surface area (Å²) in [5, 5.41) is 0. The predicted molar refractivity (Wildman–Crippen MR) is 79.2 cm³/mol. The molecule has 1 aromatic carbocycles. The van der Waals surface area contributed by atoms with Crippen molar-refractivity contribution in [2.75, 3.05) is 0 Å². The van der Waals surface area contributed by atoms with Gasteiger partial charge in [-0.3, -0.25) is 4.79 Å². The Morgan fingerprint density at radius 1 is 1.59 bits per heavy atom. The molecule has 1 aliphatic rings. The molecule has 2 heterocycles. The van der Waals surface area contributed by atoms with E-state index in [0.717, 1.165) is 0 Å². The molecule has 0 amide bonds. The van der Waals surface area contributed by atoms with Crippen LogP contribution in [0.25, 0.3) is 5.69 Å². The van der Waals surface area contributed by atoms with E-state index in [4.69, 9.17) is 6.42 Å². The molecule has 114 valence electrons. The molecular weight excluding hydrogens is 287 g/mol. The summed E-state index contributed by atoms with van der Waals surface area (Å²) in [6, 6.07) is 3.94. The molecule has 5 nitrogen and oxygen atoms in total. The Morgan fingerprint density at radius 3 is 3.09 bits per heavy atom. The molecule has 3 rings (SSSR count). The molecule has 2 aromatic rings. The normalized spacial score (nSPS) is 16.2. The first kappa shape index (κ1) is 14.0. The van der Waals surface area contributed by atoms with E-state index in [2.05, 4.69) is 9.72 Å². The fourth-order valence-corrected chi connectivity index (χ4v) is 2.61. The van der Waals surface area contributed by atoms with Gasteiger partial charge in [-0.1, -0.05) is 13.3 Å². The van der Waals surface area contributed by atoms with Gasteiger partial charge < -0.3 is 9.30 Å². The van der Waals surface area contributed by atoms with Gasteiger partial charge in [0.25, 0.3) is 0 Å². The maximum absolute atomic E-state index is 13.5. The second kappa shape index (κ2) is 5.11. The van der Waals surface area contributed by atoms with Gasteiger partial charge in [-0.2, -0.15) is 0 Å². The molecule has 0 radical (unpaired) electrons. The van der Waals surface area contributed by atoms with Gasteiger partial charge >= 0.3 is 5.97 Å². The van der Waals surface area contributed by atoms with Crippen LogP contribution in [0, 0.1) is 24.3 Å². The lowest BCUT2D eigenvalue weighted by Gasteiger charge is -2.08. The summed E-state index contributed by atoms with van der Waals surface area (Å²) in [5.41, 5.74) is 1.33. The Kier molecular flexibility index (Phi) is 3.26. The van der Waals surface area contributed by atoms with Crippen molar-refractivity contribution in [3.05, 3.63) is 47.3 Å². The second-order valence-corrected chi connectivity index (χ2v) is 5.05. The van der Waals surface area contributed by atoms with E-state index in [1.165, 1.54) is 24.5 Å². The number of benzene rings is 1. The highest BCUT2D eigenvalue weighted by molar-refractivity contribution is 6.02. The van der Waals surface area contributed by atoms with Crippen LogP contribution in [0.4, 0.5) is 4.39 Å². The molecule has 6 heteroatoms. The number of rotatable bonds is 1. The number of carbonyl (C=O) groups is 2. The Hall–Kier alpha value is -2.94. The van der Waals surface area contributed by atoms with Crippen LogP contribution in [-0.2, 0) is 11.2 Å². The van der Waals surface area contributed by atoms with Gasteiger partial charge in [-0.15, -0.1) is 0 Å². The third kappa shape index (κ3) is 2.07. The van der Waals surface area contributed by atoms with Crippen LogP contribution in [0.15, 0.2) is 24.5 Å². The standard InChI is InChI=1S/C16H11FN2O3.2H2/c1-3-22-16(21)14-13-6-9(2)15(20)11-7-10(17)4-5-12(11)19(13)8-18-14;;/h1,4-5,7-9H,6H2,2H3;2*1H. The van der Waals surface area contributed by atoms with Crippen molar-refractivity contribution in [1.82, 2.24) is 9.55 Å². The highest BCUT2D eigenvalue weighted by Crippen LogP contribution is 2.29. The van der Waals surface area contributed by atoms with Gasteiger partial charge in [0.2, 0.25) is 0 Å². The van der Waals surface area contributed by atoms with Gasteiger partial charge in [0.15, 0.2) is 11.5 Å². The van der Waals surface area contributed by atoms with Crippen LogP contribution in [-0.4, -0.2) is 21.3 Å². The average Bonchev–Trinajstić information content (AvgIpc) is 2.86. The van der Waals surface area contributed by atoms with E-state index in [9.17, 15) is 14.0 Å². The minimum Gasteiger partial charge on any atom is -0.368 e. The van der Waals surface area contributed by atoms with Crippen molar-refractivity contribution in [2.24, 2.45) is 5.92 Å². The van der Waals surface area contributed by atoms with Crippen molar-refractivity contribution in [1.29, 1.82) is 0 Å². The molecule has 0 saturated carbocycles. The number of hydrogen-bond donors (Lipinski definition) is 0. The Balaban J connectivity index is 0.00000144. The minimum atomic E-state index is -0.749. The molecule has 0 aliphatic carbocycles. The number of ether oxygens (including phenoxy) is 1. The fourth-order valence-electron chi connectivity index (χ4n) is 2.61. The van der Waals surface area contributed by atoms with Gasteiger partial charge in [0, 0.05) is 20.8 Å². The number of Topliss-reactive ketones (excluding diaryl/α,β-unsaturated/α-hetero) is 1. The number of fused-ring (bicyclic) bond motifs is 3. The summed E-state index contributed by atoms with van der Waals surface area (Å²) >= 11 is 0. The lowest BCUT2D eigenvalue weighted by Crippen LogP contribution is -2.14. The molecule has 0 N–H and O–H groups in total. The fraction of sp³-hybridized carbons (Fsp3) is 0.188. The van der Waals surface area contributed by atoms with E-state index in [-0.39, 0.29) is 26.3 Å². The summed E-state index contributed by atoms with van der Waals surface area (Å²) in [5.74, 6) is -1.85. The van der Waals surface area contributed by atoms with Gasteiger partial charge in [-0.25, -0.2) is 14.2 Å². The summed E-state index contributed by atoms with van der Waals surface area (Å²) in [7, 11) is 0. The van der Waals surface area contributed by atoms with Crippen molar-refractivity contribution in [3.8, 4) is 18.2 Å². The molecule has 1 aromatic heterocycles. The van der Waals surface area contributed by atoms with E-state index in [0.29, 0.717) is 11.4 Å². The predicted octanol–water partition coefficient (Wildman–Crippen LogP) is 2.63. The third-order valence-electron chi connectivity index (χ3n) is 3.64. The number of nitrogens with zero attached hydrogens (tertiary/aromatic N) is 2. The summed E-state index contributed by atoms with van der Waals surface area (Å²) in [6.07, 6.45) is 8.46. The van der Waals surface area contributed by atoms with E-state index < -0.39 is 17.7 Å². The van der Waals surface area contributed by atoms with Crippen LogP contribution >= 0.6 is 0 Å². The van der Waals surface area contributed by atoms with Gasteiger partial charge in [0.05, 0.1) is 11.4 Å². The number of aromatic nitrogens is 2. The largest absolute Gasteiger partial charge is 0.372 e. The van der Waals surface area contributed by atoms with E-state index in [1.807, 2.05) is 6.11 Å². The lowest BCUT2D eigenvalue weighted by atomic mass is 9.95. The zero-order valence-electron chi connectivity index (χ0n) is 11.7. The van der Waals surface area contributed by atoms with Crippen LogP contribution < -0.4 is 0 Å². The zero-order valence-corrected chi connectivity index (χ0v) is 11.7. The monoisotopic (exact) mass is 302 g/mol. The maximum atomic E-state index is 13.5. The number of halogens is 1. The van der Waals surface area contributed by atoms with Gasteiger partial charge in [0.1, 0.15) is 18.3 Å². The summed E-state index contributed by atoms with van der Waals surface area (Å²) in [6.45, 7) is 1.72. The lowest BCUT2D eigenvalue weighted by molar-refractivity contribution is 0.0682. The summed E-state index contributed by atoms with van der Waals surface area (Å²) in [4.78, 5) is 28.3. The summed E-state index contributed by atoms with van der Waals surface area (Å²) < 4.78 is 19.6. The third-order valence-corrected chi connectivity index (χ3v) is 3.64. The number of imidazole rings is 1. The van der Waals surface area contributed by atoms with Gasteiger partial charge in [-0.05, 0) is 18.2 Å². The molecule has 0 spiro atoms. The first-order valence-corrected chi connectivity index (χ1v) is 6.60. The molecule has 22 heavy (non-hydrogen) atoms. The molecule has 0 saturated heterocycles. The van der Waals surface area contributed by atoms with Crippen molar-refractivity contribution >= 4 is 11.8 Å². The highest BCUT2D eigenvalue weighted by Gasteiger charge is 2.30. The number of ketones is 1. The van der Waals surface area contributed by atoms with Crippen molar-refractivity contribution in [3.63, 3.8) is 0 Å². The number of terminal acetylenes is 1. The molecule has 1 aliphatic heterocycles. The molecule has 0 bridgehead atoms. The molecule has 1 atom stereocenters. The Labute approximate surface area is 128 Å². The van der Waals surface area contributed by atoms with Crippen LogP contribution in [0.2, 0.25) is 0 Å². The topological polar surface area (TPSA) is 61.2 Å². The first-order valence-electron chi connectivity index (χ1n) is 6.60. The first-order chi connectivity index (χ1) is 10.5. The maximum Gasteiger partial charge on any atom is 0.372 e. The highest BCUT2D eigenvalue weighted by atomic mass is 19.1. The van der Waals surface area contributed by atoms with Crippen LogP contribution in [0.1, 0.15) is 36.3 Å². The van der Waals surface area contributed by atoms with E-state index in [1.54, 1.807) is 11.5 Å². The average molecular weight is 302 g/mol. The second-order valence-electron chi connectivity index (χ2n) is 5.05. The smallest absolute Gasteiger partial charge is 0.368 e. The van der Waals surface area contributed by atoms with Crippen molar-refractivity contribution < 1.29 is 21.6 Å². The van der Waals surface area contributed by atoms with E-state index >= 15 is 0 Å². The number of esters is 1. The Morgan fingerprint density at radius 2 is 2.36 bits per heavy atom. The Bertz CT molecular complexity index is 842. The SMILES string of the molecule is C#COC(=O)c1ncn2c1CC(C)C(=O)c1cc(F)ccc1-2.[HH].[HH]. The number of hydrogen-bond acceptors (Lipinski definition) is 4. The quantitative estimate of drug-likeness (QED) is 0.600. The number of carbonyl (C=O) groups excluding carboxylic acids is 2. The van der Waals surface area contributed by atoms with Crippen LogP contribution in [0.3, 0.4) is 0 Å². The van der Waals surface area contributed by atoms with Crippen LogP contribution in [0.5, 0.6) is 0 Å². The molecule has 0 fully saturated rings. The van der Waals surface area contributed by atoms with Crippen molar-refractivity contribution in [2.45, 2.75) is 13.3 Å². The minimum absolute atomic E-state index is 0. The molecular formula is C16H15FN2O3.